The van der Waals surface area contributed by atoms with E-state index in [-0.39, 0.29) is 4.87 Å². The summed E-state index contributed by atoms with van der Waals surface area (Å²) in [6.07, 6.45) is 0. The molecule has 0 saturated carbocycles. The topological polar surface area (TPSA) is 24.1 Å². The average Bonchev–Trinajstić information content (AvgIpc) is 2.62. The van der Waals surface area contributed by atoms with E-state index in [2.05, 4.69) is 62.2 Å². The van der Waals surface area contributed by atoms with Gasteiger partial charge in [-0.05, 0) is 32.9 Å². The van der Waals surface area contributed by atoms with Crippen LogP contribution in [0.1, 0.15) is 19.4 Å². The first kappa shape index (κ1) is 12.5. The quantitative estimate of drug-likeness (QED) is 0.857. The van der Waals surface area contributed by atoms with Gasteiger partial charge in [-0.2, -0.15) is 0 Å². The molecule has 2 N–H and O–H groups in total. The lowest BCUT2D eigenvalue weighted by molar-refractivity contribution is 0.532. The first-order chi connectivity index (χ1) is 7.96. The predicted octanol–water partition coefficient (Wildman–Crippen LogP) is 3.36. The minimum absolute atomic E-state index is 0.155. The molecule has 1 fully saturated rings. The third-order valence-corrected chi connectivity index (χ3v) is 4.25. The molecule has 1 heterocycles. The Morgan fingerprint density at radius 1 is 1.41 bits per heavy atom. The number of aryl methyl sites for hydroxylation is 1. The minimum Gasteiger partial charge on any atom is -0.358 e. The lowest BCUT2D eigenvalue weighted by atomic mass is 10.2. The molecule has 0 aromatic heterocycles. The highest BCUT2D eigenvalue weighted by Gasteiger charge is 2.31. The zero-order chi connectivity index (χ0) is 12.5. The van der Waals surface area contributed by atoms with E-state index in [0.29, 0.717) is 6.04 Å². The smallest absolute Gasteiger partial charge is 0.0594 e. The van der Waals surface area contributed by atoms with E-state index in [1.807, 2.05) is 11.8 Å². The largest absolute Gasteiger partial charge is 0.358 e. The molecule has 1 aromatic carbocycles. The third-order valence-electron chi connectivity index (χ3n) is 2.91. The van der Waals surface area contributed by atoms with Gasteiger partial charge >= 0.3 is 0 Å². The molecule has 92 valence electrons. The molecule has 1 aromatic rings. The SMILES string of the molecule is C=C(Nc1ccc(C)cc1)[C@H]1CSC(C)(C)N1. The summed E-state index contributed by atoms with van der Waals surface area (Å²) in [5.41, 5.74) is 3.43. The molecule has 0 amide bonds. The maximum Gasteiger partial charge on any atom is 0.0594 e. The van der Waals surface area contributed by atoms with Gasteiger partial charge in [-0.15, -0.1) is 11.8 Å². The summed E-state index contributed by atoms with van der Waals surface area (Å²) in [6, 6.07) is 8.74. The Balaban J connectivity index is 1.96. The second-order valence-corrected chi connectivity index (χ2v) is 6.68. The first-order valence-corrected chi connectivity index (χ1v) is 6.89. The third kappa shape index (κ3) is 3.27. The van der Waals surface area contributed by atoms with Crippen LogP contribution in [0, 0.1) is 6.92 Å². The van der Waals surface area contributed by atoms with Gasteiger partial charge in [0.15, 0.2) is 0 Å². The minimum atomic E-state index is 0.155. The van der Waals surface area contributed by atoms with Crippen molar-refractivity contribution in [1.82, 2.24) is 5.32 Å². The maximum absolute atomic E-state index is 4.13. The highest BCUT2D eigenvalue weighted by Crippen LogP contribution is 2.31. The van der Waals surface area contributed by atoms with E-state index in [1.54, 1.807) is 0 Å². The highest BCUT2D eigenvalue weighted by molar-refractivity contribution is 8.00. The van der Waals surface area contributed by atoms with E-state index in [0.717, 1.165) is 17.1 Å². The lowest BCUT2D eigenvalue weighted by Crippen LogP contribution is -2.38. The molecule has 3 heteroatoms. The summed E-state index contributed by atoms with van der Waals surface area (Å²) in [5.74, 6) is 1.07. The Morgan fingerprint density at radius 2 is 2.06 bits per heavy atom. The number of benzene rings is 1. The van der Waals surface area contributed by atoms with Gasteiger partial charge in [0.2, 0.25) is 0 Å². The van der Waals surface area contributed by atoms with Gasteiger partial charge < -0.3 is 5.32 Å². The Labute approximate surface area is 108 Å². The molecule has 1 aliphatic rings. The predicted molar refractivity (Wildman–Crippen MR) is 77.4 cm³/mol. The maximum atomic E-state index is 4.13. The molecule has 0 bridgehead atoms. The number of rotatable bonds is 3. The summed E-state index contributed by atoms with van der Waals surface area (Å²) >= 11 is 1.94. The van der Waals surface area contributed by atoms with Crippen LogP contribution in [-0.2, 0) is 0 Å². The van der Waals surface area contributed by atoms with E-state index < -0.39 is 0 Å². The van der Waals surface area contributed by atoms with E-state index in [9.17, 15) is 0 Å². The summed E-state index contributed by atoms with van der Waals surface area (Å²) < 4.78 is 0. The normalized spacial score (nSPS) is 22.4. The first-order valence-electron chi connectivity index (χ1n) is 5.90. The van der Waals surface area contributed by atoms with Gasteiger partial charge in [-0.3, -0.25) is 5.32 Å². The number of hydrogen-bond acceptors (Lipinski definition) is 3. The lowest BCUT2D eigenvalue weighted by Gasteiger charge is -2.21. The second kappa shape index (κ2) is 4.75. The molecule has 0 unspecified atom stereocenters. The molecule has 0 spiro atoms. The molecule has 0 aliphatic carbocycles. The summed E-state index contributed by atoms with van der Waals surface area (Å²) in [4.78, 5) is 0.155. The van der Waals surface area contributed by atoms with Crippen molar-refractivity contribution in [2.24, 2.45) is 0 Å². The highest BCUT2D eigenvalue weighted by atomic mass is 32.2. The molecule has 0 radical (unpaired) electrons. The van der Waals surface area contributed by atoms with Crippen LogP contribution < -0.4 is 10.6 Å². The Hall–Kier alpha value is -0.930. The molecule has 2 nitrogen and oxygen atoms in total. The van der Waals surface area contributed by atoms with E-state index in [1.165, 1.54) is 5.56 Å². The second-order valence-electron chi connectivity index (χ2n) is 5.03. The molecular weight excluding hydrogens is 228 g/mol. The summed E-state index contributed by atoms with van der Waals surface area (Å²) in [5, 5.41) is 6.94. The van der Waals surface area contributed by atoms with Crippen LogP contribution in [0.2, 0.25) is 0 Å². The molecule has 17 heavy (non-hydrogen) atoms. The number of thioether (sulfide) groups is 1. The van der Waals surface area contributed by atoms with Gasteiger partial charge in [-0.25, -0.2) is 0 Å². The van der Waals surface area contributed by atoms with Crippen LogP contribution in [0.4, 0.5) is 5.69 Å². The number of anilines is 1. The van der Waals surface area contributed by atoms with Crippen LogP contribution >= 0.6 is 11.8 Å². The van der Waals surface area contributed by atoms with Crippen LogP contribution in [-0.4, -0.2) is 16.7 Å². The summed E-state index contributed by atoms with van der Waals surface area (Å²) in [7, 11) is 0. The van der Waals surface area contributed by atoms with Crippen LogP contribution in [0.3, 0.4) is 0 Å². The van der Waals surface area contributed by atoms with Crippen molar-refractivity contribution >= 4 is 17.4 Å². The van der Waals surface area contributed by atoms with Crippen molar-refractivity contribution in [3.05, 3.63) is 42.1 Å². The van der Waals surface area contributed by atoms with Gasteiger partial charge in [0.05, 0.1) is 10.9 Å². The molecule has 1 saturated heterocycles. The van der Waals surface area contributed by atoms with Crippen molar-refractivity contribution < 1.29 is 0 Å². The number of nitrogens with one attached hydrogen (secondary N) is 2. The van der Waals surface area contributed by atoms with Gasteiger partial charge in [-0.1, -0.05) is 24.3 Å². The van der Waals surface area contributed by atoms with Crippen LogP contribution in [0.25, 0.3) is 0 Å². The fourth-order valence-corrected chi connectivity index (χ4v) is 2.99. The zero-order valence-corrected chi connectivity index (χ0v) is 11.5. The van der Waals surface area contributed by atoms with E-state index in [4.69, 9.17) is 0 Å². The van der Waals surface area contributed by atoms with Crippen molar-refractivity contribution in [3.8, 4) is 0 Å². The van der Waals surface area contributed by atoms with Crippen LogP contribution in [0.15, 0.2) is 36.5 Å². The summed E-state index contributed by atoms with van der Waals surface area (Å²) in [6.45, 7) is 10.6. The molecule has 1 atom stereocenters. The molecule has 1 aliphatic heterocycles. The Kier molecular flexibility index (Phi) is 3.50. The molecule has 2 rings (SSSR count). The van der Waals surface area contributed by atoms with Gasteiger partial charge in [0, 0.05) is 17.1 Å². The average molecular weight is 248 g/mol. The fourth-order valence-electron chi connectivity index (χ4n) is 1.89. The number of hydrogen-bond donors (Lipinski definition) is 2. The molecular formula is C14H20N2S. The van der Waals surface area contributed by atoms with Crippen LogP contribution in [0.5, 0.6) is 0 Å². The Bertz CT molecular complexity index is 409. The standard InChI is InChI=1S/C14H20N2S/c1-10-5-7-12(8-6-10)15-11(2)13-9-17-14(3,4)16-13/h5-8,13,15-16H,2,9H2,1,3-4H3/t13-/m1/s1. The monoisotopic (exact) mass is 248 g/mol. The Morgan fingerprint density at radius 3 is 2.59 bits per heavy atom. The van der Waals surface area contributed by atoms with E-state index >= 15 is 0 Å². The zero-order valence-electron chi connectivity index (χ0n) is 10.7. The fraction of sp³-hybridized carbons (Fsp3) is 0.429. The van der Waals surface area contributed by atoms with Crippen molar-refractivity contribution in [2.75, 3.05) is 11.1 Å². The van der Waals surface area contributed by atoms with Crippen molar-refractivity contribution in [1.29, 1.82) is 0 Å². The van der Waals surface area contributed by atoms with Crippen molar-refractivity contribution in [2.45, 2.75) is 31.7 Å². The van der Waals surface area contributed by atoms with Gasteiger partial charge in [0.1, 0.15) is 0 Å². The van der Waals surface area contributed by atoms with Crippen molar-refractivity contribution in [3.63, 3.8) is 0 Å². The van der Waals surface area contributed by atoms with Gasteiger partial charge in [0.25, 0.3) is 0 Å².